The maximum Gasteiger partial charge on any atom is 0.171 e. The Hall–Kier alpha value is -0.240. The molecule has 1 aliphatic carbocycles. The zero-order valence-corrected chi connectivity index (χ0v) is 11.5. The Kier molecular flexibility index (Phi) is 6.00. The Labute approximate surface area is 113 Å². The Bertz CT molecular complexity index is 254. The summed E-state index contributed by atoms with van der Waals surface area (Å²) < 4.78 is 27.2. The third-order valence-electron chi connectivity index (χ3n) is 3.57. The Morgan fingerprint density at radius 1 is 1.16 bits per heavy atom. The van der Waals surface area contributed by atoms with Crippen LogP contribution in [0.15, 0.2) is 0 Å². The summed E-state index contributed by atoms with van der Waals surface area (Å²) in [4.78, 5) is 0. The van der Waals surface area contributed by atoms with Crippen molar-refractivity contribution in [2.45, 2.75) is 37.3 Å². The van der Waals surface area contributed by atoms with Gasteiger partial charge in [-0.25, -0.2) is 0 Å². The number of aliphatic hydroxyl groups excluding tert-OH is 1. The van der Waals surface area contributed by atoms with Gasteiger partial charge in [0.25, 0.3) is 0 Å². The fraction of sp³-hybridized carbons (Fsp3) is 1.00. The predicted octanol–water partition coefficient (Wildman–Crippen LogP) is 0.322. The number of aliphatic hydroxyl groups is 1. The quantitative estimate of drug-likeness (QED) is 0.676. The smallest absolute Gasteiger partial charge is 0.171 e. The van der Waals surface area contributed by atoms with E-state index >= 15 is 0 Å². The van der Waals surface area contributed by atoms with Crippen LogP contribution >= 0.6 is 0 Å². The van der Waals surface area contributed by atoms with Crippen molar-refractivity contribution in [3.63, 3.8) is 0 Å². The largest absolute Gasteiger partial charge is 0.390 e. The van der Waals surface area contributed by atoms with Crippen LogP contribution in [-0.2, 0) is 23.7 Å². The van der Waals surface area contributed by atoms with E-state index in [0.717, 1.165) is 6.42 Å². The van der Waals surface area contributed by atoms with Gasteiger partial charge in [-0.15, -0.1) is 0 Å². The highest BCUT2D eigenvalue weighted by atomic mass is 16.7. The lowest BCUT2D eigenvalue weighted by molar-refractivity contribution is -0.222. The van der Waals surface area contributed by atoms with E-state index in [4.69, 9.17) is 23.7 Å². The first-order chi connectivity index (χ1) is 9.26. The fourth-order valence-electron chi connectivity index (χ4n) is 2.53. The maximum atomic E-state index is 9.96. The molecule has 1 N–H and O–H groups in total. The van der Waals surface area contributed by atoms with Crippen LogP contribution in [0.5, 0.6) is 0 Å². The van der Waals surface area contributed by atoms with Gasteiger partial charge in [0.2, 0.25) is 0 Å². The van der Waals surface area contributed by atoms with Crippen LogP contribution in [0.2, 0.25) is 0 Å². The van der Waals surface area contributed by atoms with Crippen LogP contribution in [0.4, 0.5) is 0 Å². The summed E-state index contributed by atoms with van der Waals surface area (Å²) in [5.41, 5.74) is 0. The monoisotopic (exact) mass is 276 g/mol. The molecule has 2 rings (SSSR count). The number of hydrogen-bond donors (Lipinski definition) is 1. The molecule has 1 aliphatic heterocycles. The van der Waals surface area contributed by atoms with E-state index in [-0.39, 0.29) is 6.10 Å². The summed E-state index contributed by atoms with van der Waals surface area (Å²) >= 11 is 0. The molecule has 1 heterocycles. The highest BCUT2D eigenvalue weighted by Crippen LogP contribution is 2.37. The zero-order chi connectivity index (χ0) is 13.6. The number of ether oxygens (including phenoxy) is 5. The molecule has 0 aromatic heterocycles. The molecule has 0 bridgehead atoms. The van der Waals surface area contributed by atoms with Crippen molar-refractivity contribution in [3.05, 3.63) is 0 Å². The molecule has 0 radical (unpaired) electrons. The van der Waals surface area contributed by atoms with Crippen molar-refractivity contribution >= 4 is 0 Å². The number of methoxy groups -OCH3 is 1. The van der Waals surface area contributed by atoms with Crippen LogP contribution in [-0.4, -0.2) is 69.9 Å². The summed E-state index contributed by atoms with van der Waals surface area (Å²) in [5.74, 6) is -0.527. The third kappa shape index (κ3) is 4.37. The molecule has 1 spiro atoms. The third-order valence-corrected chi connectivity index (χ3v) is 3.57. The lowest BCUT2D eigenvalue weighted by Gasteiger charge is -2.38. The van der Waals surface area contributed by atoms with Crippen LogP contribution in [0, 0.1) is 0 Å². The predicted molar refractivity (Wildman–Crippen MR) is 66.9 cm³/mol. The average Bonchev–Trinajstić information content (AvgIpc) is 2.86. The Morgan fingerprint density at radius 2 is 1.89 bits per heavy atom. The van der Waals surface area contributed by atoms with Crippen molar-refractivity contribution in [1.29, 1.82) is 0 Å². The van der Waals surface area contributed by atoms with Gasteiger partial charge in [0.1, 0.15) is 0 Å². The van der Waals surface area contributed by atoms with E-state index in [0.29, 0.717) is 52.5 Å². The van der Waals surface area contributed by atoms with Crippen molar-refractivity contribution in [3.8, 4) is 0 Å². The molecule has 0 aromatic carbocycles. The second-order valence-corrected chi connectivity index (χ2v) is 4.93. The molecule has 6 heteroatoms. The second-order valence-electron chi connectivity index (χ2n) is 4.93. The molecule has 19 heavy (non-hydrogen) atoms. The van der Waals surface area contributed by atoms with Crippen molar-refractivity contribution in [1.82, 2.24) is 0 Å². The number of hydrogen-bond acceptors (Lipinski definition) is 6. The highest BCUT2D eigenvalue weighted by molar-refractivity contribution is 4.88. The first-order valence-electron chi connectivity index (χ1n) is 6.90. The summed E-state index contributed by atoms with van der Waals surface area (Å²) in [6, 6.07) is 0. The molecule has 0 amide bonds. The lowest BCUT2D eigenvalue weighted by Crippen LogP contribution is -2.46. The van der Waals surface area contributed by atoms with Gasteiger partial charge in [0.05, 0.1) is 51.8 Å². The molecule has 2 aliphatic rings. The van der Waals surface area contributed by atoms with Gasteiger partial charge in [0, 0.05) is 20.0 Å². The van der Waals surface area contributed by atoms with E-state index in [9.17, 15) is 5.11 Å². The molecule has 1 saturated heterocycles. The van der Waals surface area contributed by atoms with Gasteiger partial charge in [-0.1, -0.05) is 0 Å². The molecule has 0 aromatic rings. The standard InChI is InChI=1S/C13H24O6/c1-15-4-5-16-6-7-17-12-10-13(3-2-11(12)14)18-8-9-19-13/h11-12,14H,2-10H2,1H3. The van der Waals surface area contributed by atoms with Crippen LogP contribution in [0.3, 0.4) is 0 Å². The van der Waals surface area contributed by atoms with E-state index < -0.39 is 11.9 Å². The number of rotatable bonds is 7. The molecular formula is C13H24O6. The van der Waals surface area contributed by atoms with Gasteiger partial charge in [-0.3, -0.25) is 0 Å². The van der Waals surface area contributed by atoms with Crippen molar-refractivity contribution in [2.24, 2.45) is 0 Å². The molecule has 6 nitrogen and oxygen atoms in total. The Morgan fingerprint density at radius 3 is 2.63 bits per heavy atom. The fourth-order valence-corrected chi connectivity index (χ4v) is 2.53. The van der Waals surface area contributed by atoms with E-state index in [1.54, 1.807) is 7.11 Å². The van der Waals surface area contributed by atoms with Crippen LogP contribution in [0.25, 0.3) is 0 Å². The second kappa shape index (κ2) is 7.52. The topological polar surface area (TPSA) is 66.4 Å². The first-order valence-corrected chi connectivity index (χ1v) is 6.90. The van der Waals surface area contributed by atoms with Crippen LogP contribution in [0.1, 0.15) is 19.3 Å². The molecular weight excluding hydrogens is 252 g/mol. The minimum Gasteiger partial charge on any atom is -0.390 e. The van der Waals surface area contributed by atoms with Gasteiger partial charge < -0.3 is 28.8 Å². The molecule has 2 fully saturated rings. The summed E-state index contributed by atoms with van der Waals surface area (Å²) in [7, 11) is 1.64. The van der Waals surface area contributed by atoms with Gasteiger partial charge in [-0.05, 0) is 6.42 Å². The summed E-state index contributed by atoms with van der Waals surface area (Å²) in [5, 5.41) is 9.96. The molecule has 2 atom stereocenters. The maximum absolute atomic E-state index is 9.96. The zero-order valence-electron chi connectivity index (χ0n) is 11.5. The normalized spacial score (nSPS) is 30.0. The van der Waals surface area contributed by atoms with E-state index in [2.05, 4.69) is 0 Å². The van der Waals surface area contributed by atoms with E-state index in [1.807, 2.05) is 0 Å². The minimum atomic E-state index is -0.527. The van der Waals surface area contributed by atoms with Gasteiger partial charge in [-0.2, -0.15) is 0 Å². The van der Waals surface area contributed by atoms with E-state index in [1.165, 1.54) is 0 Å². The molecule has 1 saturated carbocycles. The van der Waals surface area contributed by atoms with Gasteiger partial charge in [0.15, 0.2) is 5.79 Å². The van der Waals surface area contributed by atoms with Crippen LogP contribution < -0.4 is 0 Å². The average molecular weight is 276 g/mol. The summed E-state index contributed by atoms with van der Waals surface area (Å²) in [6.45, 7) is 3.36. The van der Waals surface area contributed by atoms with Crippen molar-refractivity contribution in [2.75, 3.05) is 46.8 Å². The lowest BCUT2D eigenvalue weighted by atomic mass is 9.89. The first kappa shape index (κ1) is 15.2. The summed E-state index contributed by atoms with van der Waals surface area (Å²) in [6.07, 6.45) is 1.29. The molecule has 2 unspecified atom stereocenters. The SMILES string of the molecule is COCCOCCOC1CC2(CCC1O)OCCO2. The highest BCUT2D eigenvalue weighted by Gasteiger charge is 2.45. The molecule has 112 valence electrons. The minimum absolute atomic E-state index is 0.238. The Balaban J connectivity index is 1.66. The van der Waals surface area contributed by atoms with Gasteiger partial charge >= 0.3 is 0 Å². The van der Waals surface area contributed by atoms with Crippen molar-refractivity contribution < 1.29 is 28.8 Å².